The van der Waals surface area contributed by atoms with E-state index in [1.165, 1.54) is 0 Å². The summed E-state index contributed by atoms with van der Waals surface area (Å²) in [6.45, 7) is 10.9. The maximum Gasteiger partial charge on any atom is 0.308 e. The van der Waals surface area contributed by atoms with E-state index in [-0.39, 0.29) is 31.1 Å². The van der Waals surface area contributed by atoms with E-state index in [4.69, 9.17) is 14.2 Å². The van der Waals surface area contributed by atoms with Crippen molar-refractivity contribution in [1.29, 1.82) is 0 Å². The largest absolute Gasteiger partial charge is 0.462 e. The van der Waals surface area contributed by atoms with Crippen LogP contribution in [0.15, 0.2) is 23.8 Å². The second-order valence-corrected chi connectivity index (χ2v) is 12.4. The first kappa shape index (κ1) is 35.5. The number of esters is 1. The van der Waals surface area contributed by atoms with Gasteiger partial charge < -0.3 is 39.5 Å². The fraction of sp³-hybridized carbons (Fsp3) is 0.806. The Balaban J connectivity index is 2.49. The van der Waals surface area contributed by atoms with Gasteiger partial charge in [0.25, 0.3) is 0 Å². The van der Waals surface area contributed by atoms with Crippen LogP contribution in [0.2, 0.25) is 0 Å². The number of aliphatic hydroxyl groups is 4. The Morgan fingerprint density at radius 3 is 2.29 bits per heavy atom. The van der Waals surface area contributed by atoms with Crippen LogP contribution in [0.25, 0.3) is 0 Å². The highest BCUT2D eigenvalue weighted by atomic mass is 16.7. The van der Waals surface area contributed by atoms with Gasteiger partial charge in [-0.05, 0) is 45.1 Å². The Morgan fingerprint density at radius 1 is 1.05 bits per heavy atom. The maximum absolute atomic E-state index is 13.1. The van der Waals surface area contributed by atoms with Crippen LogP contribution in [0.3, 0.4) is 0 Å². The number of quaternary nitrogens is 1. The molecule has 0 saturated carbocycles. The number of likely N-dealkylation sites (N-methyl/N-ethyl adjacent to an activating group) is 1. The highest BCUT2D eigenvalue weighted by Gasteiger charge is 2.49. The third-order valence-corrected chi connectivity index (χ3v) is 8.72. The van der Waals surface area contributed by atoms with Gasteiger partial charge in [-0.2, -0.15) is 0 Å². The van der Waals surface area contributed by atoms with Gasteiger partial charge in [0.1, 0.15) is 18.2 Å². The van der Waals surface area contributed by atoms with Gasteiger partial charge in [-0.25, -0.2) is 0 Å². The molecule has 2 heterocycles. The van der Waals surface area contributed by atoms with Crippen molar-refractivity contribution in [2.45, 2.75) is 116 Å². The van der Waals surface area contributed by atoms with Gasteiger partial charge in [0.2, 0.25) is 0 Å². The van der Waals surface area contributed by atoms with E-state index < -0.39 is 72.7 Å². The molecule has 0 unspecified atom stereocenters. The summed E-state index contributed by atoms with van der Waals surface area (Å²) in [5.41, 5.74) is 0.874. The fourth-order valence-corrected chi connectivity index (χ4v) is 6.11. The van der Waals surface area contributed by atoms with Crippen molar-refractivity contribution in [3.63, 3.8) is 0 Å². The predicted molar refractivity (Wildman–Crippen MR) is 154 cm³/mol. The van der Waals surface area contributed by atoms with Crippen molar-refractivity contribution >= 4 is 11.8 Å². The molecule has 0 aromatic heterocycles. The van der Waals surface area contributed by atoms with E-state index in [0.29, 0.717) is 12.8 Å². The minimum absolute atomic E-state index is 0.0761. The molecule has 0 amide bonds. The number of cyclic esters (lactones) is 1. The minimum atomic E-state index is -1.18. The van der Waals surface area contributed by atoms with Gasteiger partial charge >= 0.3 is 5.97 Å². The molecule has 2 rings (SSSR count). The second kappa shape index (κ2) is 16.3. The summed E-state index contributed by atoms with van der Waals surface area (Å²) in [5, 5.41) is 43.1. The number of nitrogens with one attached hydrogen (secondary N) is 1. The molecule has 1 saturated heterocycles. The molecule has 12 atom stereocenters. The van der Waals surface area contributed by atoms with Crippen molar-refractivity contribution < 1.29 is 49.1 Å². The summed E-state index contributed by atoms with van der Waals surface area (Å²) in [7, 11) is 3.65. The molecular weight excluding hydrogens is 530 g/mol. The van der Waals surface area contributed by atoms with E-state index in [2.05, 4.69) is 0 Å². The number of rotatable bonds is 6. The van der Waals surface area contributed by atoms with Crippen molar-refractivity contribution in [2.24, 2.45) is 23.7 Å². The molecule has 41 heavy (non-hydrogen) atoms. The number of hydrogen-bond donors (Lipinski definition) is 5. The van der Waals surface area contributed by atoms with Gasteiger partial charge in [0, 0.05) is 24.4 Å². The molecule has 10 nitrogen and oxygen atoms in total. The van der Waals surface area contributed by atoms with E-state index >= 15 is 0 Å². The highest BCUT2D eigenvalue weighted by molar-refractivity contribution is 5.91. The van der Waals surface area contributed by atoms with Crippen LogP contribution in [0.4, 0.5) is 0 Å². The molecule has 236 valence electrons. The lowest BCUT2D eigenvalue weighted by atomic mass is 9.79. The normalized spacial score (nSPS) is 42.4. The van der Waals surface area contributed by atoms with Crippen LogP contribution in [-0.2, 0) is 23.8 Å². The highest BCUT2D eigenvalue weighted by Crippen LogP contribution is 2.33. The third kappa shape index (κ3) is 9.68. The Bertz CT molecular complexity index is 906. The zero-order valence-electron chi connectivity index (χ0n) is 26.0. The molecule has 0 spiro atoms. The van der Waals surface area contributed by atoms with E-state index in [1.54, 1.807) is 26.0 Å². The monoisotopic (exact) mass is 584 g/mol. The number of hydrogen-bond acceptors (Lipinski definition) is 9. The van der Waals surface area contributed by atoms with Crippen LogP contribution in [0, 0.1) is 23.7 Å². The Hall–Kier alpha value is -1.66. The fourth-order valence-electron chi connectivity index (χ4n) is 6.11. The minimum Gasteiger partial charge on any atom is -0.462 e. The van der Waals surface area contributed by atoms with Crippen molar-refractivity contribution in [1.82, 2.24) is 0 Å². The molecule has 2 aliphatic rings. The van der Waals surface area contributed by atoms with E-state index in [9.17, 15) is 30.0 Å². The van der Waals surface area contributed by atoms with Gasteiger partial charge in [0.05, 0.1) is 38.8 Å². The smallest absolute Gasteiger partial charge is 0.308 e. The molecule has 0 bridgehead atoms. The number of ketones is 1. The quantitative estimate of drug-likeness (QED) is 0.286. The summed E-state index contributed by atoms with van der Waals surface area (Å²) in [6.07, 6.45) is 0.0120. The molecule has 0 aromatic rings. The first-order valence-electron chi connectivity index (χ1n) is 15.1. The maximum atomic E-state index is 13.1. The molecule has 1 fully saturated rings. The molecule has 10 heteroatoms. The summed E-state index contributed by atoms with van der Waals surface area (Å²) in [6, 6.07) is -0.587. The number of carbonyl (C=O) groups excluding carboxylic acids is 2. The summed E-state index contributed by atoms with van der Waals surface area (Å²) < 4.78 is 18.1. The van der Waals surface area contributed by atoms with Crippen LogP contribution in [0.5, 0.6) is 0 Å². The zero-order chi connectivity index (χ0) is 31.0. The van der Waals surface area contributed by atoms with Gasteiger partial charge in [-0.15, -0.1) is 0 Å². The molecular formula is C31H54NO9+. The van der Waals surface area contributed by atoms with E-state index in [1.807, 2.05) is 47.9 Å². The van der Waals surface area contributed by atoms with Crippen molar-refractivity contribution in [2.75, 3.05) is 20.7 Å². The Labute approximate surface area is 245 Å². The van der Waals surface area contributed by atoms with Crippen LogP contribution in [0.1, 0.15) is 67.2 Å². The van der Waals surface area contributed by atoms with Crippen LogP contribution in [-0.4, -0.2) is 102 Å². The second-order valence-electron chi connectivity index (χ2n) is 12.4. The zero-order valence-corrected chi connectivity index (χ0v) is 26.0. The number of aliphatic hydroxyl groups excluding tert-OH is 4. The Kier molecular flexibility index (Phi) is 14.1. The molecule has 0 aromatic carbocycles. The number of carbonyl (C=O) groups is 2. The molecule has 0 aliphatic carbocycles. The van der Waals surface area contributed by atoms with Gasteiger partial charge in [-0.3, -0.25) is 9.59 Å². The molecule has 0 radical (unpaired) electrons. The topological polar surface area (TPSA) is 147 Å². The SMILES string of the molecule is CC[C@H]1OC(=O)C[C@@H](O)[C@H](C)[C@@H](O[C@@H]2O[C@H](C)[C@@H](O)[C@H]([NH+](C)C)[C@H]2O)[C@@H](CCO)C[C@@H](C)C(=O)/C=C/C(C)=C/[C@@H]1C. The first-order chi connectivity index (χ1) is 19.2. The standard InChI is InChI=1S/C31H53NO9/c1-9-25-19(4)14-17(2)10-11-23(34)18(3)15-22(12-13-33)30(20(5)24(35)16-26(36)40-25)41-31-29(38)27(32(7)8)28(37)21(6)39-31/h10-11,14,18-22,24-25,27-31,33,35,37-38H,9,12-13,15-16H2,1-8H3/p+1/b11-10+,17-14+/t18-,19+,20+,21-,22+,24-,25-,27+,28-,29-,30-,31+/m1/s1. The summed E-state index contributed by atoms with van der Waals surface area (Å²) >= 11 is 0. The van der Waals surface area contributed by atoms with Crippen LogP contribution >= 0.6 is 0 Å². The summed E-state index contributed by atoms with van der Waals surface area (Å²) in [5.74, 6) is -2.17. The van der Waals surface area contributed by atoms with Gasteiger partial charge in [-0.1, -0.05) is 45.4 Å². The lowest BCUT2D eigenvalue weighted by Gasteiger charge is -2.45. The first-order valence-corrected chi connectivity index (χ1v) is 15.1. The average Bonchev–Trinajstić information content (AvgIpc) is 2.90. The Morgan fingerprint density at radius 2 is 1.71 bits per heavy atom. The average molecular weight is 585 g/mol. The van der Waals surface area contributed by atoms with E-state index in [0.717, 1.165) is 10.5 Å². The lowest BCUT2D eigenvalue weighted by Crippen LogP contribution is -3.14. The third-order valence-electron chi connectivity index (χ3n) is 8.72. The number of allylic oxidation sites excluding steroid dienone is 3. The van der Waals surface area contributed by atoms with Gasteiger partial charge in [0.15, 0.2) is 18.2 Å². The predicted octanol–water partition coefficient (Wildman–Crippen LogP) is 0.806. The molecule has 5 N–H and O–H groups in total. The van der Waals surface area contributed by atoms with Crippen molar-refractivity contribution in [3.8, 4) is 0 Å². The van der Waals surface area contributed by atoms with Crippen LogP contribution < -0.4 is 4.90 Å². The lowest BCUT2D eigenvalue weighted by molar-refractivity contribution is -0.897. The number of ether oxygens (including phenoxy) is 3. The summed E-state index contributed by atoms with van der Waals surface area (Å²) in [4.78, 5) is 26.9. The van der Waals surface area contributed by atoms with Crippen molar-refractivity contribution in [3.05, 3.63) is 23.8 Å². The molecule has 2 aliphatic heterocycles.